The Morgan fingerprint density at radius 3 is 2.32 bits per heavy atom. The Bertz CT molecular complexity index is 1480. The number of aromatic amines is 1. The number of pyridine rings is 2. The van der Waals surface area contributed by atoms with Crippen LogP contribution >= 0.6 is 0 Å². The zero-order valence-electron chi connectivity index (χ0n) is 17.2. The summed E-state index contributed by atoms with van der Waals surface area (Å²) in [6, 6.07) is 10.7. The van der Waals surface area contributed by atoms with E-state index in [4.69, 9.17) is 0 Å². The molecule has 0 radical (unpaired) electrons. The number of ether oxygens (including phenoxy) is 1. The Hall–Kier alpha value is -4.41. The summed E-state index contributed by atoms with van der Waals surface area (Å²) in [5.41, 5.74) is -2.05. The van der Waals surface area contributed by atoms with Crippen molar-refractivity contribution in [2.75, 3.05) is 5.32 Å². The van der Waals surface area contributed by atoms with Crippen LogP contribution in [-0.2, 0) is 6.54 Å². The number of benzene rings is 2. The van der Waals surface area contributed by atoms with E-state index in [0.717, 1.165) is 24.4 Å². The molecule has 0 saturated heterocycles. The van der Waals surface area contributed by atoms with Gasteiger partial charge in [0.15, 0.2) is 0 Å². The molecule has 0 aliphatic heterocycles. The number of halogens is 4. The van der Waals surface area contributed by atoms with Gasteiger partial charge in [0.25, 0.3) is 5.91 Å². The number of nitrogens with one attached hydrogen (secondary N) is 2. The lowest BCUT2D eigenvalue weighted by Gasteiger charge is -2.14. The molecular weight excluding hydrogens is 458 g/mol. The Balaban J connectivity index is 1.75. The molecule has 4 rings (SSSR count). The van der Waals surface area contributed by atoms with Crippen LogP contribution in [0, 0.1) is 11.6 Å². The van der Waals surface area contributed by atoms with Crippen molar-refractivity contribution in [1.82, 2.24) is 9.55 Å². The van der Waals surface area contributed by atoms with Crippen LogP contribution in [0.3, 0.4) is 0 Å². The smallest absolute Gasteiger partial charge is 0.387 e. The molecule has 4 aromatic rings. The summed E-state index contributed by atoms with van der Waals surface area (Å²) in [6.45, 7) is -3.39. The Labute approximate surface area is 188 Å². The summed E-state index contributed by atoms with van der Waals surface area (Å²) < 4.78 is 58.5. The molecule has 0 spiro atoms. The molecular formula is C23H15F4N3O4. The second-order valence-corrected chi connectivity index (χ2v) is 7.14. The molecule has 1 amide bonds. The highest BCUT2D eigenvalue weighted by Crippen LogP contribution is 2.20. The summed E-state index contributed by atoms with van der Waals surface area (Å²) in [6.07, 6.45) is 1.12. The van der Waals surface area contributed by atoms with Crippen molar-refractivity contribution in [1.29, 1.82) is 0 Å². The molecule has 174 valence electrons. The number of rotatable bonds is 6. The number of H-pyrrole nitrogens is 1. The number of carbonyl (C=O) groups excluding carboxylic acids is 1. The third kappa shape index (κ3) is 4.68. The van der Waals surface area contributed by atoms with E-state index in [-0.39, 0.29) is 34.6 Å². The average molecular weight is 473 g/mol. The van der Waals surface area contributed by atoms with Gasteiger partial charge in [0.05, 0.1) is 12.1 Å². The highest BCUT2D eigenvalue weighted by molar-refractivity contribution is 6.05. The molecule has 7 nitrogen and oxygen atoms in total. The van der Waals surface area contributed by atoms with E-state index in [2.05, 4.69) is 15.0 Å². The molecule has 2 heterocycles. The van der Waals surface area contributed by atoms with Crippen LogP contribution in [-0.4, -0.2) is 22.1 Å². The van der Waals surface area contributed by atoms with E-state index in [1.165, 1.54) is 41.0 Å². The van der Waals surface area contributed by atoms with Gasteiger partial charge in [0.1, 0.15) is 28.5 Å². The number of carbonyl (C=O) groups is 1. The van der Waals surface area contributed by atoms with Crippen LogP contribution in [0.5, 0.6) is 5.75 Å². The van der Waals surface area contributed by atoms with Gasteiger partial charge in [0.2, 0.25) is 11.0 Å². The number of hydrogen-bond donors (Lipinski definition) is 2. The Morgan fingerprint density at radius 2 is 1.68 bits per heavy atom. The number of alkyl halides is 2. The lowest BCUT2D eigenvalue weighted by atomic mass is 10.1. The number of anilines is 1. The SMILES string of the molecule is O=C(Nc1ccc(OC(F)F)cc1)c1cn(Cc2c(F)cccc2F)c2ccc(=O)[nH]c2c1=O. The van der Waals surface area contributed by atoms with Crippen LogP contribution in [0.1, 0.15) is 15.9 Å². The van der Waals surface area contributed by atoms with E-state index in [1.807, 2.05) is 0 Å². The van der Waals surface area contributed by atoms with Crippen LogP contribution in [0.4, 0.5) is 23.2 Å². The van der Waals surface area contributed by atoms with Gasteiger partial charge < -0.3 is 19.6 Å². The molecule has 0 unspecified atom stereocenters. The van der Waals surface area contributed by atoms with E-state index in [0.29, 0.717) is 0 Å². The number of hydrogen-bond acceptors (Lipinski definition) is 4. The number of nitrogens with zero attached hydrogens (tertiary/aromatic N) is 1. The molecule has 0 aliphatic rings. The predicted octanol–water partition coefficient (Wildman–Crippen LogP) is 3.87. The fourth-order valence-corrected chi connectivity index (χ4v) is 3.36. The van der Waals surface area contributed by atoms with Crippen molar-refractivity contribution in [3.8, 4) is 5.75 Å². The molecule has 2 aromatic heterocycles. The average Bonchev–Trinajstić information content (AvgIpc) is 2.79. The summed E-state index contributed by atoms with van der Waals surface area (Å²) in [5, 5.41) is 2.44. The summed E-state index contributed by atoms with van der Waals surface area (Å²) in [4.78, 5) is 39.9. The van der Waals surface area contributed by atoms with Gasteiger partial charge in [-0.25, -0.2) is 8.78 Å². The fraction of sp³-hybridized carbons (Fsp3) is 0.0870. The van der Waals surface area contributed by atoms with Crippen molar-refractivity contribution in [2.24, 2.45) is 0 Å². The van der Waals surface area contributed by atoms with Crippen molar-refractivity contribution in [2.45, 2.75) is 13.2 Å². The Morgan fingerprint density at radius 1 is 1.00 bits per heavy atom. The van der Waals surface area contributed by atoms with Gasteiger partial charge in [-0.05, 0) is 42.5 Å². The minimum Gasteiger partial charge on any atom is -0.435 e. The first kappa shape index (κ1) is 22.8. The third-order valence-electron chi connectivity index (χ3n) is 4.94. The first-order valence-electron chi connectivity index (χ1n) is 9.78. The lowest BCUT2D eigenvalue weighted by Crippen LogP contribution is -2.26. The highest BCUT2D eigenvalue weighted by Gasteiger charge is 2.18. The molecule has 0 saturated carbocycles. The number of aromatic nitrogens is 2. The summed E-state index contributed by atoms with van der Waals surface area (Å²) >= 11 is 0. The van der Waals surface area contributed by atoms with E-state index in [1.54, 1.807) is 0 Å². The van der Waals surface area contributed by atoms with E-state index >= 15 is 0 Å². The van der Waals surface area contributed by atoms with E-state index in [9.17, 15) is 31.9 Å². The monoisotopic (exact) mass is 473 g/mol. The second-order valence-electron chi connectivity index (χ2n) is 7.14. The molecule has 2 aromatic carbocycles. The third-order valence-corrected chi connectivity index (χ3v) is 4.94. The van der Waals surface area contributed by atoms with Crippen molar-refractivity contribution < 1.29 is 27.1 Å². The van der Waals surface area contributed by atoms with Gasteiger partial charge in [-0.3, -0.25) is 14.4 Å². The fourth-order valence-electron chi connectivity index (χ4n) is 3.36. The van der Waals surface area contributed by atoms with Crippen LogP contribution in [0.25, 0.3) is 11.0 Å². The van der Waals surface area contributed by atoms with Crippen LogP contribution < -0.4 is 21.0 Å². The van der Waals surface area contributed by atoms with Gasteiger partial charge in [0, 0.05) is 23.5 Å². The van der Waals surface area contributed by atoms with Crippen molar-refractivity contribution in [3.63, 3.8) is 0 Å². The summed E-state index contributed by atoms with van der Waals surface area (Å²) in [5.74, 6) is -2.67. The largest absolute Gasteiger partial charge is 0.435 e. The Kier molecular flexibility index (Phi) is 6.17. The van der Waals surface area contributed by atoms with Gasteiger partial charge in [-0.2, -0.15) is 8.78 Å². The highest BCUT2D eigenvalue weighted by atomic mass is 19.3. The quantitative estimate of drug-likeness (QED) is 0.416. The lowest BCUT2D eigenvalue weighted by molar-refractivity contribution is -0.0498. The number of fused-ring (bicyclic) bond motifs is 1. The maximum Gasteiger partial charge on any atom is 0.387 e. The van der Waals surface area contributed by atoms with Crippen LogP contribution in [0.2, 0.25) is 0 Å². The molecule has 2 N–H and O–H groups in total. The minimum absolute atomic E-state index is 0.134. The molecule has 0 aliphatic carbocycles. The second kappa shape index (κ2) is 9.22. The standard InChI is InChI=1S/C23H15F4N3O4/c24-16-2-1-3-17(25)14(16)10-30-11-15(21(32)20-18(30)8-9-19(31)29-20)22(33)28-12-4-6-13(7-5-12)34-23(26)27/h1-9,11,23H,10H2,(H,28,33)(H,29,31). The van der Waals surface area contributed by atoms with Gasteiger partial charge in [-0.15, -0.1) is 0 Å². The molecule has 0 atom stereocenters. The normalized spacial score (nSPS) is 11.1. The zero-order chi connectivity index (χ0) is 24.4. The molecule has 11 heteroatoms. The zero-order valence-corrected chi connectivity index (χ0v) is 17.2. The molecule has 34 heavy (non-hydrogen) atoms. The molecule has 0 fully saturated rings. The van der Waals surface area contributed by atoms with E-state index < -0.39 is 40.7 Å². The van der Waals surface area contributed by atoms with Gasteiger partial charge in [-0.1, -0.05) is 6.07 Å². The predicted molar refractivity (Wildman–Crippen MR) is 115 cm³/mol. The van der Waals surface area contributed by atoms with Gasteiger partial charge >= 0.3 is 6.61 Å². The van der Waals surface area contributed by atoms with Crippen LogP contribution in [0.15, 0.2) is 70.4 Å². The first-order chi connectivity index (χ1) is 16.2. The topological polar surface area (TPSA) is 93.2 Å². The minimum atomic E-state index is -3.02. The van der Waals surface area contributed by atoms with Crippen molar-refractivity contribution in [3.05, 3.63) is 104 Å². The first-order valence-corrected chi connectivity index (χ1v) is 9.78. The maximum atomic E-state index is 14.2. The van der Waals surface area contributed by atoms with Crippen molar-refractivity contribution >= 4 is 22.6 Å². The summed E-state index contributed by atoms with van der Waals surface area (Å²) in [7, 11) is 0. The number of amides is 1. The molecule has 0 bridgehead atoms. The maximum absolute atomic E-state index is 14.2.